The second-order valence-electron chi connectivity index (χ2n) is 16.6. The van der Waals surface area contributed by atoms with Gasteiger partial charge >= 0.3 is 17.1 Å². The molecule has 0 aliphatic carbocycles. The predicted molar refractivity (Wildman–Crippen MR) is 275 cm³/mol. The van der Waals surface area contributed by atoms with E-state index in [1.54, 1.807) is 0 Å². The summed E-state index contributed by atoms with van der Waals surface area (Å²) in [6, 6.07) is 15.4. The Morgan fingerprint density at radius 2 is 0.814 bits per heavy atom. The smallest absolute Gasteiger partial charge is 0.358 e. The molecular formula is C52H86ClFeN3S2. The minimum absolute atomic E-state index is 0. The van der Waals surface area contributed by atoms with E-state index in [0.717, 1.165) is 50.6 Å². The molecule has 3 rings (SSSR count). The number of nitrogens with zero attached hydrogens (tertiary/aromatic N) is 3. The van der Waals surface area contributed by atoms with Crippen molar-refractivity contribution in [3.63, 3.8) is 0 Å². The molecule has 0 N–H and O–H groups in total. The summed E-state index contributed by atoms with van der Waals surface area (Å²) in [5.74, 6) is 9.96. The van der Waals surface area contributed by atoms with Gasteiger partial charge in [0.15, 0.2) is 0 Å². The number of aliphatic imine (C=N–C) groups is 2. The van der Waals surface area contributed by atoms with E-state index in [9.17, 15) is 0 Å². The summed E-state index contributed by atoms with van der Waals surface area (Å²) in [6.45, 7) is 25.1. The summed E-state index contributed by atoms with van der Waals surface area (Å²) >= 11 is 6.81. The Kier molecular flexibility index (Phi) is 28.9. The summed E-state index contributed by atoms with van der Waals surface area (Å²) in [6.07, 6.45) is 15.1. The van der Waals surface area contributed by atoms with Gasteiger partial charge in [-0.2, -0.15) is 0 Å². The Hall–Kier alpha value is -1.56. The van der Waals surface area contributed by atoms with E-state index in [1.807, 2.05) is 6.07 Å². The van der Waals surface area contributed by atoms with Crippen molar-refractivity contribution in [3.8, 4) is 0 Å². The SMILES string of the molecule is CCCCS(CCCC)(CCCC)CC(=Nc1c(C)ccc(C)c1C)c1cccc(C(CS(CCCC)(CCCC)CCCC)=Nc2c(C)ccc(Cl)c2C)n1.[CH3-].[CH3-].[Fe+2]. The third kappa shape index (κ3) is 17.3. The van der Waals surface area contributed by atoms with Crippen molar-refractivity contribution in [1.29, 1.82) is 0 Å². The van der Waals surface area contributed by atoms with Crippen LogP contribution in [0.1, 0.15) is 158 Å². The molecule has 0 saturated heterocycles. The van der Waals surface area contributed by atoms with Gasteiger partial charge in [0.25, 0.3) is 0 Å². The van der Waals surface area contributed by atoms with Crippen LogP contribution in [0.15, 0.2) is 52.4 Å². The molecule has 0 unspecified atom stereocenters. The van der Waals surface area contributed by atoms with Crippen LogP contribution < -0.4 is 0 Å². The molecule has 1 heterocycles. The average Bonchev–Trinajstić information content (AvgIpc) is 3.21. The fraction of sp³-hybridized carbons (Fsp3) is 0.596. The van der Waals surface area contributed by atoms with Gasteiger partial charge < -0.3 is 14.9 Å². The number of unbranched alkanes of at least 4 members (excludes halogenated alkanes) is 6. The molecule has 7 heteroatoms. The maximum atomic E-state index is 6.81. The number of hydrogen-bond acceptors (Lipinski definition) is 3. The average molecular weight is 909 g/mol. The molecule has 0 aliphatic rings. The van der Waals surface area contributed by atoms with Crippen LogP contribution >= 0.6 is 31.7 Å². The van der Waals surface area contributed by atoms with Crippen molar-refractivity contribution < 1.29 is 17.1 Å². The van der Waals surface area contributed by atoms with Crippen LogP contribution in [0.5, 0.6) is 0 Å². The zero-order chi connectivity index (χ0) is 41.1. The van der Waals surface area contributed by atoms with Crippen LogP contribution in [0.3, 0.4) is 0 Å². The Balaban J connectivity index is 0.0000112. The van der Waals surface area contributed by atoms with Gasteiger partial charge in [-0.05, 0) is 154 Å². The van der Waals surface area contributed by atoms with Gasteiger partial charge in [-0.1, -0.05) is 116 Å². The second kappa shape index (κ2) is 29.7. The maximum absolute atomic E-state index is 6.81. The summed E-state index contributed by atoms with van der Waals surface area (Å²) in [7, 11) is -1.93. The molecule has 0 saturated carbocycles. The van der Waals surface area contributed by atoms with Gasteiger partial charge in [-0.3, -0.25) is 0 Å². The molecular weight excluding hydrogens is 822 g/mol. The van der Waals surface area contributed by atoms with Crippen LogP contribution in [-0.2, 0) is 17.1 Å². The molecule has 1 aromatic heterocycles. The first-order valence-corrected chi connectivity index (χ1v) is 27.4. The van der Waals surface area contributed by atoms with Gasteiger partial charge in [-0.25, -0.2) is 35.0 Å². The van der Waals surface area contributed by atoms with E-state index >= 15 is 0 Å². The Morgan fingerprint density at radius 3 is 1.17 bits per heavy atom. The molecule has 0 spiro atoms. The first kappa shape index (κ1) is 57.4. The first-order chi connectivity index (χ1) is 26.9. The van der Waals surface area contributed by atoms with E-state index in [-0.39, 0.29) is 31.9 Å². The van der Waals surface area contributed by atoms with Gasteiger partial charge in [0.1, 0.15) is 0 Å². The van der Waals surface area contributed by atoms with Crippen molar-refractivity contribution in [2.24, 2.45) is 9.98 Å². The zero-order valence-corrected chi connectivity index (χ0v) is 43.6. The van der Waals surface area contributed by atoms with Gasteiger partial charge in [0.2, 0.25) is 0 Å². The summed E-state index contributed by atoms with van der Waals surface area (Å²) in [4.78, 5) is 17.1. The number of halogens is 1. The molecule has 0 fully saturated rings. The van der Waals surface area contributed by atoms with Crippen LogP contribution in [-0.4, -0.2) is 62.4 Å². The second-order valence-corrected chi connectivity index (χ2v) is 25.0. The molecule has 0 atom stereocenters. The minimum atomic E-state index is -0.973. The van der Waals surface area contributed by atoms with Crippen LogP contribution in [0.25, 0.3) is 0 Å². The number of benzene rings is 2. The Morgan fingerprint density at radius 1 is 0.492 bits per heavy atom. The fourth-order valence-electron chi connectivity index (χ4n) is 7.77. The standard InChI is InChI=1S/C50H80ClN3S2.2CH3.Fe/c1-12-18-31-55(32-19-13-2,33-20-14-3)37-47(53-49-40(8)28-27-39(7)42(49)10)45-25-24-26-46(52-45)48(54-50-41(9)29-30-44(51)43(50)11)38-56(34-21-15-4,35-22-16-5)36-23-17-6;;;/h24-30H,12-23,31-38H2,1-11H3;2*1H3;/q;2*-1;+2. The van der Waals surface area contributed by atoms with Gasteiger partial charge in [0.05, 0.1) is 34.2 Å². The largest absolute Gasteiger partial charge is 2.00 e. The van der Waals surface area contributed by atoms with Gasteiger partial charge in [0, 0.05) is 16.5 Å². The third-order valence-corrected chi connectivity index (χ3v) is 20.9. The zero-order valence-electron chi connectivity index (χ0n) is 40.1. The maximum Gasteiger partial charge on any atom is 2.00 e. The Bertz CT molecular complexity index is 1550. The van der Waals surface area contributed by atoms with Gasteiger partial charge in [-0.15, -0.1) is 0 Å². The van der Waals surface area contributed by atoms with E-state index in [4.69, 9.17) is 26.6 Å². The van der Waals surface area contributed by atoms with E-state index in [2.05, 4.69) is 113 Å². The molecule has 0 amide bonds. The molecule has 0 aliphatic heterocycles. The molecule has 3 aromatic rings. The molecule has 59 heavy (non-hydrogen) atoms. The molecule has 0 bridgehead atoms. The number of aryl methyl sites for hydroxylation is 3. The first-order valence-electron chi connectivity index (χ1n) is 22.4. The van der Waals surface area contributed by atoms with Crippen LogP contribution in [0.2, 0.25) is 5.02 Å². The number of pyridine rings is 1. The van der Waals surface area contributed by atoms with Crippen molar-refractivity contribution in [1.82, 2.24) is 4.98 Å². The van der Waals surface area contributed by atoms with Crippen molar-refractivity contribution in [2.75, 3.05) is 46.0 Å². The predicted octanol–water partition coefficient (Wildman–Crippen LogP) is 16.8. The number of hydrogen-bond donors (Lipinski definition) is 0. The molecule has 0 radical (unpaired) electrons. The quantitative estimate of drug-likeness (QED) is 0.0449. The van der Waals surface area contributed by atoms with E-state index < -0.39 is 20.1 Å². The third-order valence-electron chi connectivity index (χ3n) is 11.8. The fourth-order valence-corrected chi connectivity index (χ4v) is 17.0. The summed E-state index contributed by atoms with van der Waals surface area (Å²) in [5, 5.41) is 0.779. The van der Waals surface area contributed by atoms with E-state index in [1.165, 1.54) is 140 Å². The summed E-state index contributed by atoms with van der Waals surface area (Å²) < 4.78 is 0. The van der Waals surface area contributed by atoms with Crippen molar-refractivity contribution in [2.45, 2.75) is 153 Å². The number of aromatic nitrogens is 1. The van der Waals surface area contributed by atoms with Crippen molar-refractivity contribution >= 4 is 54.5 Å². The topological polar surface area (TPSA) is 37.6 Å². The van der Waals surface area contributed by atoms with E-state index in [0.29, 0.717) is 0 Å². The number of rotatable bonds is 26. The Labute approximate surface area is 384 Å². The monoisotopic (exact) mass is 908 g/mol. The molecule has 2 aromatic carbocycles. The van der Waals surface area contributed by atoms with Crippen LogP contribution in [0.4, 0.5) is 11.4 Å². The summed E-state index contributed by atoms with van der Waals surface area (Å²) in [5.41, 5.74) is 12.5. The van der Waals surface area contributed by atoms with Crippen molar-refractivity contribution in [3.05, 3.63) is 102 Å². The van der Waals surface area contributed by atoms with Crippen LogP contribution in [0, 0.1) is 49.5 Å². The molecule has 3 nitrogen and oxygen atoms in total. The minimum Gasteiger partial charge on any atom is -0.358 e. The molecule has 336 valence electrons. The normalized spacial score (nSPS) is 12.7.